The van der Waals surface area contributed by atoms with Crippen LogP contribution < -0.4 is 15.8 Å². The highest BCUT2D eigenvalue weighted by atomic mass is 127. The van der Waals surface area contributed by atoms with Crippen LogP contribution >= 0.6 is 24.0 Å². The van der Waals surface area contributed by atoms with E-state index in [1.54, 1.807) is 0 Å². The van der Waals surface area contributed by atoms with Crippen molar-refractivity contribution in [1.82, 2.24) is 10.6 Å². The van der Waals surface area contributed by atoms with Gasteiger partial charge in [0, 0.05) is 25.6 Å². The maximum absolute atomic E-state index is 11.1. The number of nitrogens with one attached hydrogen (secondary N) is 2. The molecule has 28 heavy (non-hydrogen) atoms. The molecule has 6 nitrogen and oxygen atoms in total. The number of primary sulfonamides is 1. The quantitative estimate of drug-likeness (QED) is 0.271. The Bertz CT molecular complexity index is 815. The van der Waals surface area contributed by atoms with E-state index in [1.165, 1.54) is 11.1 Å². The van der Waals surface area contributed by atoms with Crippen molar-refractivity contribution in [3.05, 3.63) is 71.8 Å². The van der Waals surface area contributed by atoms with E-state index in [2.05, 4.69) is 39.9 Å². The molecule has 2 aromatic carbocycles. The van der Waals surface area contributed by atoms with E-state index in [4.69, 9.17) is 5.14 Å². The average molecular weight is 516 g/mol. The van der Waals surface area contributed by atoms with Gasteiger partial charge in [-0.05, 0) is 24.5 Å². The van der Waals surface area contributed by atoms with Gasteiger partial charge in [0.05, 0.1) is 5.75 Å². The van der Waals surface area contributed by atoms with Crippen LogP contribution in [0.2, 0.25) is 0 Å². The molecule has 0 bridgehead atoms. The standard InChI is InChI=1S/C20H28N4O2S.HI/c1-2-22-20(23-13-14-27(21,25)26)24-16-19(18-11-7-4-8-12-18)15-17-9-5-3-6-10-17;/h3-12,19H,2,13-16H2,1H3,(H2,21,25,26)(H2,22,23,24);1H. The molecule has 0 saturated carbocycles. The summed E-state index contributed by atoms with van der Waals surface area (Å²) in [4.78, 5) is 4.66. The minimum atomic E-state index is -3.49. The van der Waals surface area contributed by atoms with E-state index >= 15 is 0 Å². The zero-order valence-electron chi connectivity index (χ0n) is 16.0. The average Bonchev–Trinajstić information content (AvgIpc) is 2.65. The summed E-state index contributed by atoms with van der Waals surface area (Å²) in [5, 5.41) is 11.2. The van der Waals surface area contributed by atoms with Gasteiger partial charge in [0.15, 0.2) is 5.96 Å². The summed E-state index contributed by atoms with van der Waals surface area (Å²) < 4.78 is 22.2. The number of sulfonamides is 1. The van der Waals surface area contributed by atoms with E-state index in [0.29, 0.717) is 19.0 Å². The Morgan fingerprint density at radius 3 is 2.21 bits per heavy atom. The van der Waals surface area contributed by atoms with Gasteiger partial charge in [-0.25, -0.2) is 13.6 Å². The summed E-state index contributed by atoms with van der Waals surface area (Å²) in [6.07, 6.45) is 0.880. The van der Waals surface area contributed by atoms with Crippen molar-refractivity contribution < 1.29 is 8.42 Å². The third-order valence-electron chi connectivity index (χ3n) is 4.09. The smallest absolute Gasteiger partial charge is 0.210 e. The number of hydrogen-bond donors (Lipinski definition) is 3. The maximum Gasteiger partial charge on any atom is 0.210 e. The minimum Gasteiger partial charge on any atom is -0.357 e. The number of rotatable bonds is 9. The van der Waals surface area contributed by atoms with Crippen LogP contribution in [0.4, 0.5) is 0 Å². The molecule has 0 saturated heterocycles. The molecule has 0 aliphatic rings. The lowest BCUT2D eigenvalue weighted by atomic mass is 9.92. The lowest BCUT2D eigenvalue weighted by Crippen LogP contribution is -2.40. The SMILES string of the molecule is CCNC(=NCC(Cc1ccccc1)c1ccccc1)NCCS(N)(=O)=O.I. The van der Waals surface area contributed by atoms with Crippen molar-refractivity contribution in [1.29, 1.82) is 0 Å². The van der Waals surface area contributed by atoms with Crippen molar-refractivity contribution >= 4 is 40.0 Å². The van der Waals surface area contributed by atoms with E-state index in [9.17, 15) is 8.42 Å². The first-order valence-electron chi connectivity index (χ1n) is 9.09. The number of halogens is 1. The van der Waals surface area contributed by atoms with Gasteiger partial charge in [0.25, 0.3) is 0 Å². The van der Waals surface area contributed by atoms with Gasteiger partial charge in [-0.2, -0.15) is 0 Å². The number of nitrogens with zero attached hydrogens (tertiary/aromatic N) is 1. The van der Waals surface area contributed by atoms with E-state index in [1.807, 2.05) is 43.3 Å². The number of aliphatic imine (C=N–C) groups is 1. The lowest BCUT2D eigenvalue weighted by molar-refractivity contribution is 0.596. The fraction of sp³-hybridized carbons (Fsp3) is 0.350. The second kappa shape index (κ2) is 12.7. The Hall–Kier alpha value is -1.65. The Kier molecular flexibility index (Phi) is 11.1. The van der Waals surface area contributed by atoms with Crippen molar-refractivity contribution in [2.75, 3.05) is 25.4 Å². The molecule has 0 fully saturated rings. The van der Waals surface area contributed by atoms with Crippen LogP contribution in [0.5, 0.6) is 0 Å². The number of hydrogen-bond acceptors (Lipinski definition) is 3. The van der Waals surface area contributed by atoms with Gasteiger partial charge < -0.3 is 10.6 Å². The lowest BCUT2D eigenvalue weighted by Gasteiger charge is -2.17. The van der Waals surface area contributed by atoms with Crippen LogP contribution in [0.1, 0.15) is 24.0 Å². The first kappa shape index (κ1) is 24.4. The van der Waals surface area contributed by atoms with E-state index < -0.39 is 10.0 Å². The summed E-state index contributed by atoms with van der Waals surface area (Å²) in [5.41, 5.74) is 2.49. The fourth-order valence-electron chi connectivity index (χ4n) is 2.77. The molecule has 1 unspecified atom stereocenters. The molecule has 0 aliphatic carbocycles. The molecule has 1 atom stereocenters. The molecule has 2 aromatic rings. The van der Waals surface area contributed by atoms with Crippen molar-refractivity contribution in [3.63, 3.8) is 0 Å². The van der Waals surface area contributed by atoms with Crippen LogP contribution in [0, 0.1) is 0 Å². The Morgan fingerprint density at radius 2 is 1.64 bits per heavy atom. The van der Waals surface area contributed by atoms with E-state index in [-0.39, 0.29) is 42.2 Å². The van der Waals surface area contributed by atoms with Gasteiger partial charge in [0.2, 0.25) is 10.0 Å². The second-order valence-corrected chi connectivity index (χ2v) is 8.04. The molecule has 0 heterocycles. The summed E-state index contributed by atoms with van der Waals surface area (Å²) in [6.45, 7) is 3.47. The molecule has 0 spiro atoms. The maximum atomic E-state index is 11.1. The fourth-order valence-corrected chi connectivity index (χ4v) is 3.15. The van der Waals surface area contributed by atoms with Crippen molar-refractivity contribution in [3.8, 4) is 0 Å². The van der Waals surface area contributed by atoms with Crippen LogP contribution in [-0.2, 0) is 16.4 Å². The third kappa shape index (κ3) is 9.52. The highest BCUT2D eigenvalue weighted by Gasteiger charge is 2.13. The zero-order chi connectivity index (χ0) is 19.5. The van der Waals surface area contributed by atoms with Crippen LogP contribution in [0.15, 0.2) is 65.7 Å². The van der Waals surface area contributed by atoms with Crippen LogP contribution in [0.3, 0.4) is 0 Å². The summed E-state index contributed by atoms with van der Waals surface area (Å²) in [7, 11) is -3.49. The zero-order valence-corrected chi connectivity index (χ0v) is 19.2. The molecule has 154 valence electrons. The summed E-state index contributed by atoms with van der Waals surface area (Å²) in [5.74, 6) is 0.682. The predicted octanol–water partition coefficient (Wildman–Crippen LogP) is 2.47. The minimum absolute atomic E-state index is 0. The number of nitrogens with two attached hydrogens (primary N) is 1. The van der Waals surface area contributed by atoms with Crippen LogP contribution in [0.25, 0.3) is 0 Å². The van der Waals surface area contributed by atoms with Gasteiger partial charge >= 0.3 is 0 Å². The van der Waals surface area contributed by atoms with Crippen molar-refractivity contribution in [2.24, 2.45) is 10.1 Å². The summed E-state index contributed by atoms with van der Waals surface area (Å²) in [6, 6.07) is 20.6. The van der Waals surface area contributed by atoms with E-state index in [0.717, 1.165) is 6.42 Å². The third-order valence-corrected chi connectivity index (χ3v) is 4.86. The van der Waals surface area contributed by atoms with Gasteiger partial charge in [-0.1, -0.05) is 60.7 Å². The van der Waals surface area contributed by atoms with Crippen LogP contribution in [-0.4, -0.2) is 39.8 Å². The summed E-state index contributed by atoms with van der Waals surface area (Å²) >= 11 is 0. The molecule has 0 radical (unpaired) electrons. The topological polar surface area (TPSA) is 96.6 Å². The van der Waals surface area contributed by atoms with Gasteiger partial charge in [-0.15, -0.1) is 24.0 Å². The van der Waals surface area contributed by atoms with Crippen molar-refractivity contribution in [2.45, 2.75) is 19.3 Å². The second-order valence-electron chi connectivity index (χ2n) is 6.31. The van der Waals surface area contributed by atoms with Gasteiger partial charge in [0.1, 0.15) is 0 Å². The predicted molar refractivity (Wildman–Crippen MR) is 127 cm³/mol. The number of benzene rings is 2. The monoisotopic (exact) mass is 516 g/mol. The molecule has 2 rings (SSSR count). The Balaban J connectivity index is 0.00000392. The molecule has 8 heteroatoms. The largest absolute Gasteiger partial charge is 0.357 e. The molecule has 4 N–H and O–H groups in total. The first-order valence-corrected chi connectivity index (χ1v) is 10.8. The highest BCUT2D eigenvalue weighted by molar-refractivity contribution is 14.0. The Morgan fingerprint density at radius 1 is 1.04 bits per heavy atom. The molecular weight excluding hydrogens is 487 g/mol. The first-order chi connectivity index (χ1) is 13.0. The Labute approximate surface area is 185 Å². The normalized spacial score (nSPS) is 12.7. The highest BCUT2D eigenvalue weighted by Crippen LogP contribution is 2.21. The molecule has 0 aromatic heterocycles. The molecular formula is C20H29IN4O2S. The molecule has 0 amide bonds. The number of guanidine groups is 1. The van der Waals surface area contributed by atoms with Gasteiger partial charge in [-0.3, -0.25) is 4.99 Å². The molecule has 0 aliphatic heterocycles.